The summed E-state index contributed by atoms with van der Waals surface area (Å²) in [5.41, 5.74) is 3.43. The lowest BCUT2D eigenvalue weighted by molar-refractivity contribution is -0.143. The molecule has 10 heteroatoms. The number of amides is 1. The summed E-state index contributed by atoms with van der Waals surface area (Å²) in [5, 5.41) is 7.95. The lowest BCUT2D eigenvalue weighted by Crippen LogP contribution is -2.45. The summed E-state index contributed by atoms with van der Waals surface area (Å²) in [7, 11) is 6.33. The quantitative estimate of drug-likeness (QED) is 0.386. The number of aryl methyl sites for hydroxylation is 1. The van der Waals surface area contributed by atoms with Gasteiger partial charge in [-0.1, -0.05) is 12.1 Å². The summed E-state index contributed by atoms with van der Waals surface area (Å²) in [5.74, 6) is 0.690. The van der Waals surface area contributed by atoms with E-state index < -0.39 is 23.7 Å². The van der Waals surface area contributed by atoms with Crippen molar-refractivity contribution in [2.24, 2.45) is 7.05 Å². The number of carbonyl (C=O) groups excluding carboxylic acids is 2. The van der Waals surface area contributed by atoms with Gasteiger partial charge in [-0.2, -0.15) is 5.10 Å². The van der Waals surface area contributed by atoms with Gasteiger partial charge >= 0.3 is 12.1 Å². The third-order valence-electron chi connectivity index (χ3n) is 5.89. The summed E-state index contributed by atoms with van der Waals surface area (Å²) < 4.78 is 29.1. The highest BCUT2D eigenvalue weighted by atomic mass is 16.6. The normalized spacial score (nSPS) is 12.2. The first-order chi connectivity index (χ1) is 18.0. The molecule has 0 radical (unpaired) electrons. The highest BCUT2D eigenvalue weighted by molar-refractivity contribution is 6.00. The molecule has 0 spiro atoms. The van der Waals surface area contributed by atoms with E-state index in [9.17, 15) is 9.59 Å². The molecule has 38 heavy (non-hydrogen) atoms. The van der Waals surface area contributed by atoms with Crippen molar-refractivity contribution in [3.63, 3.8) is 0 Å². The minimum Gasteiger partial charge on any atom is -0.496 e. The number of alkyl carbamates (subject to hydrolysis) is 1. The maximum atomic E-state index is 12.6. The van der Waals surface area contributed by atoms with Crippen LogP contribution in [0.2, 0.25) is 0 Å². The first-order valence-electron chi connectivity index (χ1n) is 12.4. The Balaban J connectivity index is 2.08. The van der Waals surface area contributed by atoms with Crippen LogP contribution in [0.3, 0.4) is 0 Å². The zero-order chi connectivity index (χ0) is 28.0. The van der Waals surface area contributed by atoms with Gasteiger partial charge in [-0.25, -0.2) is 9.59 Å². The molecule has 1 atom stereocenters. The fraction of sp³-hybridized carbons (Fsp3) is 0.464. The van der Waals surface area contributed by atoms with Crippen LogP contribution in [0.25, 0.3) is 22.0 Å². The number of fused-ring (bicyclic) bond motifs is 1. The molecule has 0 saturated heterocycles. The first kappa shape index (κ1) is 28.8. The number of ether oxygens (including phenoxy) is 5. The first-order valence-corrected chi connectivity index (χ1v) is 12.4. The number of hydrogen-bond acceptors (Lipinski definition) is 8. The molecule has 0 fully saturated rings. The van der Waals surface area contributed by atoms with Crippen LogP contribution in [-0.2, 0) is 39.1 Å². The fourth-order valence-corrected chi connectivity index (χ4v) is 4.29. The molecule has 10 nitrogen and oxygen atoms in total. The van der Waals surface area contributed by atoms with E-state index in [-0.39, 0.29) is 6.42 Å². The van der Waals surface area contributed by atoms with Crippen LogP contribution in [0.5, 0.6) is 11.5 Å². The maximum absolute atomic E-state index is 12.6. The highest BCUT2D eigenvalue weighted by Crippen LogP contribution is 2.43. The van der Waals surface area contributed by atoms with Crippen LogP contribution in [-0.4, -0.2) is 61.4 Å². The topological polar surface area (TPSA) is 110 Å². The molecule has 0 saturated carbocycles. The van der Waals surface area contributed by atoms with Crippen molar-refractivity contribution in [1.29, 1.82) is 0 Å². The van der Waals surface area contributed by atoms with Gasteiger partial charge in [0, 0.05) is 31.0 Å². The minimum absolute atomic E-state index is 0.170. The van der Waals surface area contributed by atoms with Gasteiger partial charge in [-0.3, -0.25) is 4.68 Å². The summed E-state index contributed by atoms with van der Waals surface area (Å²) in [6.07, 6.45) is 1.23. The Hall–Kier alpha value is -3.79. The molecule has 0 aliphatic heterocycles. The lowest BCUT2D eigenvalue weighted by Gasteiger charge is -2.23. The summed E-state index contributed by atoms with van der Waals surface area (Å²) in [4.78, 5) is 25.0. The second kappa shape index (κ2) is 12.2. The van der Waals surface area contributed by atoms with Gasteiger partial charge in [-0.15, -0.1) is 0 Å². The van der Waals surface area contributed by atoms with E-state index in [1.165, 1.54) is 7.11 Å². The molecule has 3 aromatic rings. The second-order valence-corrected chi connectivity index (χ2v) is 9.74. The van der Waals surface area contributed by atoms with Crippen molar-refractivity contribution < 1.29 is 33.3 Å². The third-order valence-corrected chi connectivity index (χ3v) is 5.89. The van der Waals surface area contributed by atoms with Gasteiger partial charge in [0.15, 0.2) is 0 Å². The Kier molecular flexibility index (Phi) is 9.22. The van der Waals surface area contributed by atoms with Crippen LogP contribution < -0.4 is 14.8 Å². The van der Waals surface area contributed by atoms with Crippen LogP contribution in [0.15, 0.2) is 30.5 Å². The standard InChI is InChI=1S/C28H37N3O7/c1-9-37-16-17-12-22(34-6)24(23(13-17)35-7)19-11-10-18(25-20(19)15-29-31(25)5)14-21(26(32)36-8)30-27(33)38-28(2,3)4/h10-13,15,21H,9,14,16H2,1-8H3,(H,30,33). The average Bonchev–Trinajstić information content (AvgIpc) is 3.27. The Morgan fingerprint density at radius 2 is 1.74 bits per heavy atom. The SMILES string of the molecule is CCOCc1cc(OC)c(-c2ccc(CC(NC(=O)OC(C)(C)C)C(=O)OC)c3c2cnn3C)c(OC)c1. The molecule has 1 N–H and O–H groups in total. The van der Waals surface area contributed by atoms with E-state index in [2.05, 4.69) is 10.4 Å². The van der Waals surface area contributed by atoms with Crippen molar-refractivity contribution in [2.45, 2.75) is 52.4 Å². The Morgan fingerprint density at radius 1 is 1.08 bits per heavy atom. The largest absolute Gasteiger partial charge is 0.496 e. The van der Waals surface area contributed by atoms with E-state index in [0.717, 1.165) is 33.2 Å². The van der Waals surface area contributed by atoms with E-state index in [1.807, 2.05) is 38.2 Å². The fourth-order valence-electron chi connectivity index (χ4n) is 4.29. The maximum Gasteiger partial charge on any atom is 0.408 e. The summed E-state index contributed by atoms with van der Waals surface area (Å²) >= 11 is 0. The van der Waals surface area contributed by atoms with Crippen molar-refractivity contribution in [3.8, 4) is 22.6 Å². The zero-order valence-electron chi connectivity index (χ0n) is 23.3. The molecule has 0 bridgehead atoms. The van der Waals surface area contributed by atoms with Crippen molar-refractivity contribution in [3.05, 3.63) is 41.6 Å². The molecular formula is C28H37N3O7. The molecule has 206 valence electrons. The molecular weight excluding hydrogens is 490 g/mol. The second-order valence-electron chi connectivity index (χ2n) is 9.74. The van der Waals surface area contributed by atoms with Crippen LogP contribution in [0.1, 0.15) is 38.8 Å². The molecule has 1 unspecified atom stereocenters. The number of hydrogen-bond donors (Lipinski definition) is 1. The molecule has 1 heterocycles. The lowest BCUT2D eigenvalue weighted by atomic mass is 9.94. The molecule has 1 aromatic heterocycles. The third kappa shape index (κ3) is 6.55. The van der Waals surface area contributed by atoms with Gasteiger partial charge in [-0.05, 0) is 51.0 Å². The number of esters is 1. The Bertz CT molecular complexity index is 1270. The molecule has 0 aliphatic carbocycles. The number of nitrogens with zero attached hydrogens (tertiary/aromatic N) is 2. The number of nitrogens with one attached hydrogen (secondary N) is 1. The van der Waals surface area contributed by atoms with E-state index >= 15 is 0 Å². The zero-order valence-corrected chi connectivity index (χ0v) is 23.3. The van der Waals surface area contributed by atoms with Crippen LogP contribution >= 0.6 is 0 Å². The number of methoxy groups -OCH3 is 3. The van der Waals surface area contributed by atoms with E-state index in [4.69, 9.17) is 23.7 Å². The van der Waals surface area contributed by atoms with Gasteiger partial charge in [0.1, 0.15) is 23.1 Å². The molecule has 3 rings (SSSR count). The number of aromatic nitrogens is 2. The Labute approximate surface area is 223 Å². The molecule has 2 aromatic carbocycles. The predicted molar refractivity (Wildman–Crippen MR) is 143 cm³/mol. The van der Waals surface area contributed by atoms with Gasteiger partial charge < -0.3 is 29.0 Å². The van der Waals surface area contributed by atoms with E-state index in [0.29, 0.717) is 24.7 Å². The number of benzene rings is 2. The minimum atomic E-state index is -0.958. The monoisotopic (exact) mass is 527 g/mol. The van der Waals surface area contributed by atoms with Gasteiger partial charge in [0.25, 0.3) is 0 Å². The number of rotatable bonds is 10. The van der Waals surface area contributed by atoms with E-state index in [1.54, 1.807) is 45.9 Å². The van der Waals surface area contributed by atoms with Gasteiger partial charge in [0.2, 0.25) is 0 Å². The number of carbonyl (C=O) groups is 2. The van der Waals surface area contributed by atoms with Crippen LogP contribution in [0, 0.1) is 0 Å². The van der Waals surface area contributed by atoms with Crippen LogP contribution in [0.4, 0.5) is 4.79 Å². The molecule has 0 aliphatic rings. The van der Waals surface area contributed by atoms with Crippen molar-refractivity contribution in [1.82, 2.24) is 15.1 Å². The smallest absolute Gasteiger partial charge is 0.408 e. The van der Waals surface area contributed by atoms with Crippen molar-refractivity contribution in [2.75, 3.05) is 27.9 Å². The Morgan fingerprint density at radius 3 is 2.29 bits per heavy atom. The molecule has 1 amide bonds. The predicted octanol–water partition coefficient (Wildman–Crippen LogP) is 4.40. The summed E-state index contributed by atoms with van der Waals surface area (Å²) in [6, 6.07) is 6.74. The average molecular weight is 528 g/mol. The summed E-state index contributed by atoms with van der Waals surface area (Å²) in [6.45, 7) is 8.23. The van der Waals surface area contributed by atoms with Gasteiger partial charge in [0.05, 0.1) is 45.2 Å². The highest BCUT2D eigenvalue weighted by Gasteiger charge is 2.27. The van der Waals surface area contributed by atoms with Crippen molar-refractivity contribution >= 4 is 23.0 Å².